The summed E-state index contributed by atoms with van der Waals surface area (Å²) in [5.41, 5.74) is 5.52. The number of aromatic amines is 1. The van der Waals surface area contributed by atoms with Crippen LogP contribution in [0.15, 0.2) is 6.20 Å². The van der Waals surface area contributed by atoms with E-state index in [-0.39, 0.29) is 0 Å². The molecule has 2 rings (SSSR count). The first-order valence-corrected chi connectivity index (χ1v) is 4.44. The van der Waals surface area contributed by atoms with E-state index in [0.717, 1.165) is 38.7 Å². The Labute approximate surface area is 76.9 Å². The molecule has 0 spiro atoms. The van der Waals surface area contributed by atoms with Gasteiger partial charge in [0.05, 0.1) is 26.0 Å². The zero-order valence-corrected chi connectivity index (χ0v) is 7.49. The molecule has 1 fully saturated rings. The number of rotatable bonds is 2. The molecule has 0 aromatic carbocycles. The molecule has 3 N–H and O–H groups in total. The fourth-order valence-corrected chi connectivity index (χ4v) is 1.43. The van der Waals surface area contributed by atoms with Gasteiger partial charge in [-0.05, 0) is 0 Å². The largest absolute Gasteiger partial charge is 0.384 e. The molecule has 0 radical (unpaired) electrons. The summed E-state index contributed by atoms with van der Waals surface area (Å²) in [5, 5.41) is 0. The van der Waals surface area contributed by atoms with Gasteiger partial charge in [-0.15, -0.1) is 0 Å². The van der Waals surface area contributed by atoms with Gasteiger partial charge in [-0.3, -0.25) is 4.90 Å². The Balaban J connectivity index is 1.89. The van der Waals surface area contributed by atoms with E-state index in [9.17, 15) is 0 Å². The molecule has 0 unspecified atom stereocenters. The number of nitrogens with two attached hydrogens (primary N) is 1. The summed E-state index contributed by atoms with van der Waals surface area (Å²) in [7, 11) is 0. The molecular weight excluding hydrogens is 168 g/mol. The molecule has 72 valence electrons. The van der Waals surface area contributed by atoms with Crippen LogP contribution in [0.4, 0.5) is 5.82 Å². The van der Waals surface area contributed by atoms with Gasteiger partial charge in [0.2, 0.25) is 0 Å². The maximum absolute atomic E-state index is 5.52. The number of anilines is 1. The van der Waals surface area contributed by atoms with Crippen LogP contribution in [0.3, 0.4) is 0 Å². The molecule has 0 aliphatic carbocycles. The Kier molecular flexibility index (Phi) is 2.47. The van der Waals surface area contributed by atoms with Crippen molar-refractivity contribution in [3.05, 3.63) is 12.0 Å². The van der Waals surface area contributed by atoms with Crippen molar-refractivity contribution in [1.82, 2.24) is 14.9 Å². The minimum Gasteiger partial charge on any atom is -0.384 e. The third kappa shape index (κ3) is 2.19. The Bertz CT molecular complexity index is 267. The normalized spacial score (nSPS) is 19.1. The summed E-state index contributed by atoms with van der Waals surface area (Å²) in [4.78, 5) is 9.45. The van der Waals surface area contributed by atoms with E-state index in [4.69, 9.17) is 10.5 Å². The number of ether oxygens (including phenoxy) is 1. The maximum Gasteiger partial charge on any atom is 0.121 e. The second-order valence-electron chi connectivity index (χ2n) is 3.17. The first kappa shape index (κ1) is 8.52. The predicted octanol–water partition coefficient (Wildman–Crippen LogP) is -0.176. The van der Waals surface area contributed by atoms with E-state index in [1.807, 2.05) is 0 Å². The van der Waals surface area contributed by atoms with Crippen LogP contribution in [-0.2, 0) is 11.3 Å². The van der Waals surface area contributed by atoms with Crippen LogP contribution in [0.5, 0.6) is 0 Å². The van der Waals surface area contributed by atoms with E-state index >= 15 is 0 Å². The molecule has 1 aliphatic rings. The average Bonchev–Trinajstić information content (AvgIpc) is 2.53. The van der Waals surface area contributed by atoms with Crippen molar-refractivity contribution >= 4 is 5.82 Å². The van der Waals surface area contributed by atoms with Gasteiger partial charge in [-0.25, -0.2) is 4.98 Å². The van der Waals surface area contributed by atoms with E-state index in [1.54, 1.807) is 6.20 Å². The molecule has 13 heavy (non-hydrogen) atoms. The SMILES string of the molecule is Nc1cnc(CN2CCOCC2)[nH]1. The quantitative estimate of drug-likeness (QED) is 0.666. The zero-order valence-electron chi connectivity index (χ0n) is 7.49. The van der Waals surface area contributed by atoms with Crippen molar-refractivity contribution in [1.29, 1.82) is 0 Å². The maximum atomic E-state index is 5.52. The summed E-state index contributed by atoms with van der Waals surface area (Å²) in [6.07, 6.45) is 1.65. The van der Waals surface area contributed by atoms with E-state index in [2.05, 4.69) is 14.9 Å². The van der Waals surface area contributed by atoms with Gasteiger partial charge in [0.15, 0.2) is 0 Å². The third-order valence-corrected chi connectivity index (χ3v) is 2.13. The fourth-order valence-electron chi connectivity index (χ4n) is 1.43. The van der Waals surface area contributed by atoms with Crippen molar-refractivity contribution in [2.24, 2.45) is 0 Å². The van der Waals surface area contributed by atoms with Gasteiger partial charge >= 0.3 is 0 Å². The number of aromatic nitrogens is 2. The van der Waals surface area contributed by atoms with Crippen LogP contribution in [0.2, 0.25) is 0 Å². The van der Waals surface area contributed by atoms with Crippen molar-refractivity contribution in [2.45, 2.75) is 6.54 Å². The standard InChI is InChI=1S/C8H14N4O/c9-7-5-10-8(11-7)6-12-1-3-13-4-2-12/h5H,1-4,6,9H2,(H,10,11). The lowest BCUT2D eigenvalue weighted by Crippen LogP contribution is -2.35. The van der Waals surface area contributed by atoms with Crippen molar-refractivity contribution in [3.63, 3.8) is 0 Å². The van der Waals surface area contributed by atoms with Crippen LogP contribution in [0.25, 0.3) is 0 Å². The van der Waals surface area contributed by atoms with E-state index in [1.165, 1.54) is 0 Å². The number of morpholine rings is 1. The van der Waals surface area contributed by atoms with Crippen LogP contribution >= 0.6 is 0 Å². The van der Waals surface area contributed by atoms with Gasteiger partial charge in [0.1, 0.15) is 11.6 Å². The molecular formula is C8H14N4O. The van der Waals surface area contributed by atoms with Crippen LogP contribution in [0, 0.1) is 0 Å². The van der Waals surface area contributed by atoms with Gasteiger partial charge in [-0.1, -0.05) is 0 Å². The third-order valence-electron chi connectivity index (χ3n) is 2.13. The zero-order chi connectivity index (χ0) is 9.10. The number of hydrogen-bond acceptors (Lipinski definition) is 4. The van der Waals surface area contributed by atoms with Gasteiger partial charge in [0, 0.05) is 13.1 Å². The smallest absolute Gasteiger partial charge is 0.121 e. The number of nitrogen functional groups attached to an aromatic ring is 1. The Morgan fingerprint density at radius 2 is 2.31 bits per heavy atom. The van der Waals surface area contributed by atoms with Crippen molar-refractivity contribution in [2.75, 3.05) is 32.0 Å². The number of nitrogens with one attached hydrogen (secondary N) is 1. The first-order valence-electron chi connectivity index (χ1n) is 4.44. The summed E-state index contributed by atoms with van der Waals surface area (Å²) >= 11 is 0. The average molecular weight is 182 g/mol. The minimum absolute atomic E-state index is 0.628. The monoisotopic (exact) mass is 182 g/mol. The van der Waals surface area contributed by atoms with Crippen LogP contribution < -0.4 is 5.73 Å². The van der Waals surface area contributed by atoms with Crippen molar-refractivity contribution < 1.29 is 4.74 Å². The second-order valence-corrected chi connectivity index (χ2v) is 3.17. The molecule has 0 bridgehead atoms. The molecule has 0 saturated carbocycles. The molecule has 1 saturated heterocycles. The van der Waals surface area contributed by atoms with Gasteiger partial charge < -0.3 is 15.5 Å². The summed E-state index contributed by atoms with van der Waals surface area (Å²) in [5.74, 6) is 1.56. The summed E-state index contributed by atoms with van der Waals surface area (Å²) < 4.78 is 5.25. The van der Waals surface area contributed by atoms with Crippen LogP contribution in [0.1, 0.15) is 5.82 Å². The molecule has 1 aromatic rings. The molecule has 5 heteroatoms. The topological polar surface area (TPSA) is 67.2 Å². The number of nitrogens with zero attached hydrogens (tertiary/aromatic N) is 2. The first-order chi connectivity index (χ1) is 6.34. The highest BCUT2D eigenvalue weighted by Crippen LogP contribution is 2.04. The number of H-pyrrole nitrogens is 1. The molecule has 1 aromatic heterocycles. The number of imidazole rings is 1. The van der Waals surface area contributed by atoms with E-state index < -0.39 is 0 Å². The van der Waals surface area contributed by atoms with Crippen LogP contribution in [-0.4, -0.2) is 41.2 Å². The molecule has 1 aliphatic heterocycles. The highest BCUT2D eigenvalue weighted by Gasteiger charge is 2.11. The highest BCUT2D eigenvalue weighted by atomic mass is 16.5. The lowest BCUT2D eigenvalue weighted by atomic mass is 10.4. The Hall–Kier alpha value is -1.07. The fraction of sp³-hybridized carbons (Fsp3) is 0.625. The molecule has 0 atom stereocenters. The lowest BCUT2D eigenvalue weighted by Gasteiger charge is -2.25. The second kappa shape index (κ2) is 3.76. The lowest BCUT2D eigenvalue weighted by molar-refractivity contribution is 0.0332. The minimum atomic E-state index is 0.628. The molecule has 0 amide bonds. The Morgan fingerprint density at radius 3 is 2.92 bits per heavy atom. The van der Waals surface area contributed by atoms with Crippen molar-refractivity contribution in [3.8, 4) is 0 Å². The molecule has 5 nitrogen and oxygen atoms in total. The Morgan fingerprint density at radius 1 is 1.54 bits per heavy atom. The summed E-state index contributed by atoms with van der Waals surface area (Å²) in [6.45, 7) is 4.41. The summed E-state index contributed by atoms with van der Waals surface area (Å²) in [6, 6.07) is 0. The van der Waals surface area contributed by atoms with Gasteiger partial charge in [-0.2, -0.15) is 0 Å². The predicted molar refractivity (Wildman–Crippen MR) is 49.1 cm³/mol. The number of hydrogen-bond donors (Lipinski definition) is 2. The van der Waals surface area contributed by atoms with Gasteiger partial charge in [0.25, 0.3) is 0 Å². The van der Waals surface area contributed by atoms with E-state index in [0.29, 0.717) is 5.82 Å². The molecule has 2 heterocycles. The highest BCUT2D eigenvalue weighted by molar-refractivity contribution is 5.24.